The van der Waals surface area contributed by atoms with Crippen LogP contribution in [-0.4, -0.2) is 12.1 Å². The van der Waals surface area contributed by atoms with Crippen molar-refractivity contribution < 1.29 is 4.79 Å². The summed E-state index contributed by atoms with van der Waals surface area (Å²) in [5.41, 5.74) is 0.943. The molecule has 0 aromatic carbocycles. The number of nitrogens with zero attached hydrogens (tertiary/aromatic N) is 1. The maximum absolute atomic E-state index is 11.4. The van der Waals surface area contributed by atoms with Gasteiger partial charge in [-0.1, -0.05) is 20.8 Å². The fourth-order valence-corrected chi connectivity index (χ4v) is 1.13. The second-order valence-electron chi connectivity index (χ2n) is 4.48. The van der Waals surface area contributed by atoms with Crippen molar-refractivity contribution in [2.24, 2.45) is 10.4 Å². The second-order valence-corrected chi connectivity index (χ2v) is 4.48. The van der Waals surface area contributed by atoms with Gasteiger partial charge in [0.25, 0.3) is 0 Å². The summed E-state index contributed by atoms with van der Waals surface area (Å²) < 4.78 is 0. The highest BCUT2D eigenvalue weighted by atomic mass is 16.1. The van der Waals surface area contributed by atoms with Gasteiger partial charge in [-0.25, -0.2) is 0 Å². The monoisotopic (exact) mass is 180 g/mol. The maximum atomic E-state index is 11.4. The SMILES string of the molecule is CC(C)(C)CC(=O)NC1=CN=CC1. The molecular weight excluding hydrogens is 164 g/mol. The van der Waals surface area contributed by atoms with Crippen molar-refractivity contribution in [2.45, 2.75) is 33.6 Å². The van der Waals surface area contributed by atoms with Gasteiger partial charge in [0.15, 0.2) is 0 Å². The lowest BCUT2D eigenvalue weighted by molar-refractivity contribution is -0.122. The third-order valence-electron chi connectivity index (χ3n) is 1.64. The molecule has 1 aliphatic heterocycles. The van der Waals surface area contributed by atoms with Crippen molar-refractivity contribution in [3.63, 3.8) is 0 Å². The van der Waals surface area contributed by atoms with Gasteiger partial charge in [-0.3, -0.25) is 9.79 Å². The molecule has 13 heavy (non-hydrogen) atoms. The Labute approximate surface area is 78.9 Å². The smallest absolute Gasteiger partial charge is 0.224 e. The van der Waals surface area contributed by atoms with E-state index in [1.165, 1.54) is 0 Å². The van der Waals surface area contributed by atoms with Crippen LogP contribution in [0.4, 0.5) is 0 Å². The van der Waals surface area contributed by atoms with E-state index in [9.17, 15) is 4.79 Å². The van der Waals surface area contributed by atoms with E-state index in [-0.39, 0.29) is 11.3 Å². The first-order valence-electron chi connectivity index (χ1n) is 4.48. The third-order valence-corrected chi connectivity index (χ3v) is 1.64. The van der Waals surface area contributed by atoms with Crippen molar-refractivity contribution in [1.82, 2.24) is 5.32 Å². The molecule has 1 heterocycles. The van der Waals surface area contributed by atoms with E-state index in [0.717, 1.165) is 12.1 Å². The Bertz CT molecular complexity index is 259. The van der Waals surface area contributed by atoms with Gasteiger partial charge in [-0.05, 0) is 5.41 Å². The summed E-state index contributed by atoms with van der Waals surface area (Å²) in [4.78, 5) is 15.3. The normalized spacial score (nSPS) is 15.8. The molecule has 0 aromatic rings. The first-order chi connectivity index (χ1) is 5.97. The summed E-state index contributed by atoms with van der Waals surface area (Å²) in [7, 11) is 0. The predicted molar refractivity (Wildman–Crippen MR) is 53.4 cm³/mol. The molecule has 1 amide bonds. The number of carbonyl (C=O) groups is 1. The molecule has 0 radical (unpaired) electrons. The predicted octanol–water partition coefficient (Wildman–Crippen LogP) is 1.85. The summed E-state index contributed by atoms with van der Waals surface area (Å²) >= 11 is 0. The molecule has 0 bridgehead atoms. The van der Waals surface area contributed by atoms with Crippen molar-refractivity contribution in [1.29, 1.82) is 0 Å². The first-order valence-corrected chi connectivity index (χ1v) is 4.48. The topological polar surface area (TPSA) is 41.5 Å². The largest absolute Gasteiger partial charge is 0.328 e. The van der Waals surface area contributed by atoms with Crippen LogP contribution in [0.1, 0.15) is 33.6 Å². The number of hydrogen-bond donors (Lipinski definition) is 1. The van der Waals surface area contributed by atoms with Crippen molar-refractivity contribution in [3.05, 3.63) is 11.9 Å². The summed E-state index contributed by atoms with van der Waals surface area (Å²) in [6.45, 7) is 6.14. The molecule has 3 heteroatoms. The van der Waals surface area contributed by atoms with E-state index >= 15 is 0 Å². The fourth-order valence-electron chi connectivity index (χ4n) is 1.13. The lowest BCUT2D eigenvalue weighted by atomic mass is 9.92. The quantitative estimate of drug-likeness (QED) is 0.692. The van der Waals surface area contributed by atoms with Gasteiger partial charge in [0.1, 0.15) is 0 Å². The van der Waals surface area contributed by atoms with Gasteiger partial charge in [0.05, 0.1) is 0 Å². The van der Waals surface area contributed by atoms with Gasteiger partial charge in [-0.2, -0.15) is 0 Å². The van der Waals surface area contributed by atoms with Gasteiger partial charge >= 0.3 is 0 Å². The Hall–Kier alpha value is -1.12. The molecule has 0 aromatic heterocycles. The van der Waals surface area contributed by atoms with Crippen LogP contribution >= 0.6 is 0 Å². The zero-order chi connectivity index (χ0) is 9.90. The molecule has 0 saturated heterocycles. The molecule has 0 fully saturated rings. The van der Waals surface area contributed by atoms with Crippen LogP contribution in [0.15, 0.2) is 16.9 Å². The standard InChI is InChI=1S/C10H16N2O/c1-10(2,3)6-9(13)12-8-4-5-11-7-8/h5,7H,4,6H2,1-3H3,(H,12,13). The van der Waals surface area contributed by atoms with Crippen molar-refractivity contribution in [3.8, 4) is 0 Å². The van der Waals surface area contributed by atoms with Crippen LogP contribution in [0.2, 0.25) is 0 Å². The van der Waals surface area contributed by atoms with Gasteiger partial charge in [-0.15, -0.1) is 0 Å². The van der Waals surface area contributed by atoms with E-state index in [4.69, 9.17) is 0 Å². The van der Waals surface area contributed by atoms with E-state index in [2.05, 4.69) is 10.3 Å². The number of aliphatic imine (C=N–C) groups is 1. The lowest BCUT2D eigenvalue weighted by Gasteiger charge is -2.17. The van der Waals surface area contributed by atoms with Crippen molar-refractivity contribution in [2.75, 3.05) is 0 Å². The summed E-state index contributed by atoms with van der Waals surface area (Å²) in [5.74, 6) is 0.0734. The molecule has 0 atom stereocenters. The molecule has 0 unspecified atom stereocenters. The van der Waals surface area contributed by atoms with Gasteiger partial charge < -0.3 is 5.32 Å². The van der Waals surface area contributed by atoms with Crippen LogP contribution in [0.5, 0.6) is 0 Å². The Kier molecular flexibility index (Phi) is 2.86. The number of rotatable bonds is 2. The lowest BCUT2D eigenvalue weighted by Crippen LogP contribution is -2.26. The maximum Gasteiger partial charge on any atom is 0.224 e. The molecule has 0 spiro atoms. The number of allylic oxidation sites excluding steroid dienone is 1. The van der Waals surface area contributed by atoms with E-state index < -0.39 is 0 Å². The number of nitrogens with one attached hydrogen (secondary N) is 1. The minimum atomic E-state index is 0.0457. The Balaban J connectivity index is 2.34. The fraction of sp³-hybridized carbons (Fsp3) is 0.600. The average molecular weight is 180 g/mol. The summed E-state index contributed by atoms with van der Waals surface area (Å²) in [5, 5.41) is 2.83. The zero-order valence-corrected chi connectivity index (χ0v) is 8.42. The minimum Gasteiger partial charge on any atom is -0.328 e. The molecule has 0 saturated carbocycles. The second kappa shape index (κ2) is 3.73. The molecule has 1 aliphatic rings. The van der Waals surface area contributed by atoms with Crippen LogP contribution < -0.4 is 5.32 Å². The molecule has 1 N–H and O–H groups in total. The van der Waals surface area contributed by atoms with Crippen LogP contribution in [0.3, 0.4) is 0 Å². The Morgan fingerprint density at radius 2 is 2.31 bits per heavy atom. The van der Waals surface area contributed by atoms with E-state index in [0.29, 0.717) is 6.42 Å². The van der Waals surface area contributed by atoms with Crippen LogP contribution in [0, 0.1) is 5.41 Å². The molecule has 72 valence electrons. The highest BCUT2D eigenvalue weighted by Gasteiger charge is 2.16. The van der Waals surface area contributed by atoms with E-state index in [1.807, 2.05) is 20.8 Å². The first kappa shape index (κ1) is 9.96. The number of carbonyl (C=O) groups excluding carboxylic acids is 1. The minimum absolute atomic E-state index is 0.0457. The third kappa shape index (κ3) is 3.87. The molecular formula is C10H16N2O. The summed E-state index contributed by atoms with van der Waals surface area (Å²) in [6, 6.07) is 0. The van der Waals surface area contributed by atoms with Crippen molar-refractivity contribution >= 4 is 12.1 Å². The zero-order valence-electron chi connectivity index (χ0n) is 8.42. The highest BCUT2D eigenvalue weighted by molar-refractivity contribution is 5.80. The Morgan fingerprint density at radius 1 is 1.62 bits per heavy atom. The van der Waals surface area contributed by atoms with Crippen LogP contribution in [0.25, 0.3) is 0 Å². The molecule has 1 rings (SSSR count). The average Bonchev–Trinajstić information content (AvgIpc) is 2.34. The number of amides is 1. The molecule has 3 nitrogen and oxygen atoms in total. The number of hydrogen-bond acceptors (Lipinski definition) is 2. The van der Waals surface area contributed by atoms with Gasteiger partial charge in [0.2, 0.25) is 5.91 Å². The highest BCUT2D eigenvalue weighted by Crippen LogP contribution is 2.18. The van der Waals surface area contributed by atoms with Crippen LogP contribution in [-0.2, 0) is 4.79 Å². The Morgan fingerprint density at radius 3 is 2.77 bits per heavy atom. The summed E-state index contributed by atoms with van der Waals surface area (Å²) in [6.07, 6.45) is 4.77. The van der Waals surface area contributed by atoms with Gasteiger partial charge in [0, 0.05) is 31.0 Å². The van der Waals surface area contributed by atoms with E-state index in [1.54, 1.807) is 12.4 Å². The molecule has 0 aliphatic carbocycles.